The fraction of sp³-hybridized carbons (Fsp3) is 0.625. The molecule has 0 aliphatic carbocycles. The van der Waals surface area contributed by atoms with Crippen molar-refractivity contribution in [1.82, 2.24) is 15.0 Å². The molecule has 0 fully saturated rings. The van der Waals surface area contributed by atoms with Crippen LogP contribution in [0.5, 0.6) is 0 Å². The molecule has 0 aliphatic heterocycles. The molecule has 0 unspecified atom stereocenters. The van der Waals surface area contributed by atoms with E-state index >= 15 is 0 Å². The van der Waals surface area contributed by atoms with Crippen molar-refractivity contribution in [3.8, 4) is 0 Å². The summed E-state index contributed by atoms with van der Waals surface area (Å²) in [7, 11) is 1.64. The van der Waals surface area contributed by atoms with Crippen LogP contribution in [0.2, 0.25) is 0 Å². The highest BCUT2D eigenvalue weighted by molar-refractivity contribution is 5.69. The number of carbonyl (C=O) groups is 1. The fourth-order valence-electron chi connectivity index (χ4n) is 1.05. The Bertz CT molecular complexity index is 298. The number of carboxylic acids is 1. The molecule has 0 aromatic carbocycles. The standard InChI is InChI=1S/C8H13N3O3/c1-14-4-2-3-11-6-7(9-10-11)5-8(12)13/h6H,2-5H2,1H3,(H,12,13). The van der Waals surface area contributed by atoms with Crippen molar-refractivity contribution in [3.05, 3.63) is 11.9 Å². The molecule has 78 valence electrons. The first-order valence-electron chi connectivity index (χ1n) is 4.32. The van der Waals surface area contributed by atoms with E-state index in [4.69, 9.17) is 9.84 Å². The molecule has 1 aromatic heterocycles. The molecular weight excluding hydrogens is 186 g/mol. The van der Waals surface area contributed by atoms with Crippen LogP contribution < -0.4 is 0 Å². The van der Waals surface area contributed by atoms with Gasteiger partial charge in [-0.1, -0.05) is 5.21 Å². The topological polar surface area (TPSA) is 77.2 Å². The van der Waals surface area contributed by atoms with Gasteiger partial charge in [0.05, 0.1) is 12.1 Å². The Labute approximate surface area is 81.5 Å². The van der Waals surface area contributed by atoms with Gasteiger partial charge in [0.15, 0.2) is 0 Å². The second-order valence-corrected chi connectivity index (χ2v) is 2.89. The van der Waals surface area contributed by atoms with Gasteiger partial charge in [-0.2, -0.15) is 0 Å². The van der Waals surface area contributed by atoms with Gasteiger partial charge in [0.2, 0.25) is 0 Å². The number of carboxylic acid groups (broad SMARTS) is 1. The van der Waals surface area contributed by atoms with Crippen LogP contribution in [0.3, 0.4) is 0 Å². The lowest BCUT2D eigenvalue weighted by molar-refractivity contribution is -0.136. The predicted molar refractivity (Wildman–Crippen MR) is 47.9 cm³/mol. The van der Waals surface area contributed by atoms with Crippen molar-refractivity contribution in [2.45, 2.75) is 19.4 Å². The zero-order chi connectivity index (χ0) is 10.4. The first-order valence-corrected chi connectivity index (χ1v) is 4.32. The summed E-state index contributed by atoms with van der Waals surface area (Å²) in [4.78, 5) is 10.3. The molecule has 0 atom stereocenters. The third kappa shape index (κ3) is 3.53. The molecule has 6 nitrogen and oxygen atoms in total. The van der Waals surface area contributed by atoms with E-state index in [2.05, 4.69) is 10.3 Å². The summed E-state index contributed by atoms with van der Waals surface area (Å²) in [6.07, 6.45) is 2.40. The summed E-state index contributed by atoms with van der Waals surface area (Å²) in [6.45, 7) is 1.36. The van der Waals surface area contributed by atoms with Gasteiger partial charge in [-0.3, -0.25) is 9.48 Å². The van der Waals surface area contributed by atoms with Crippen molar-refractivity contribution in [1.29, 1.82) is 0 Å². The number of aliphatic carboxylic acids is 1. The lowest BCUT2D eigenvalue weighted by Gasteiger charge is -1.97. The van der Waals surface area contributed by atoms with Gasteiger partial charge >= 0.3 is 5.97 Å². The van der Waals surface area contributed by atoms with E-state index in [1.807, 2.05) is 0 Å². The molecule has 14 heavy (non-hydrogen) atoms. The molecule has 0 amide bonds. The van der Waals surface area contributed by atoms with Gasteiger partial charge in [-0.25, -0.2) is 0 Å². The minimum absolute atomic E-state index is 0.0791. The van der Waals surface area contributed by atoms with Crippen molar-refractivity contribution in [3.63, 3.8) is 0 Å². The molecule has 0 bridgehead atoms. The third-order valence-electron chi connectivity index (χ3n) is 1.65. The molecule has 0 saturated heterocycles. The minimum atomic E-state index is -0.894. The van der Waals surface area contributed by atoms with Gasteiger partial charge in [0.25, 0.3) is 0 Å². The van der Waals surface area contributed by atoms with Crippen LogP contribution in [0.15, 0.2) is 6.20 Å². The summed E-state index contributed by atoms with van der Waals surface area (Å²) < 4.78 is 6.50. The number of hydrogen-bond donors (Lipinski definition) is 1. The Morgan fingerprint density at radius 1 is 1.71 bits per heavy atom. The smallest absolute Gasteiger partial charge is 0.309 e. The van der Waals surface area contributed by atoms with Crippen LogP contribution in [0.25, 0.3) is 0 Å². The van der Waals surface area contributed by atoms with E-state index in [1.54, 1.807) is 18.0 Å². The molecule has 6 heteroatoms. The number of aromatic nitrogens is 3. The number of aryl methyl sites for hydroxylation is 1. The van der Waals surface area contributed by atoms with Crippen LogP contribution in [-0.2, 0) is 22.5 Å². The average Bonchev–Trinajstić information content (AvgIpc) is 2.52. The summed E-state index contributed by atoms with van der Waals surface area (Å²) in [6, 6.07) is 0. The lowest BCUT2D eigenvalue weighted by Crippen LogP contribution is -2.02. The van der Waals surface area contributed by atoms with Gasteiger partial charge in [-0.05, 0) is 6.42 Å². The molecular formula is C8H13N3O3. The quantitative estimate of drug-likeness (QED) is 0.649. The zero-order valence-electron chi connectivity index (χ0n) is 8.01. The Hall–Kier alpha value is -1.43. The lowest BCUT2D eigenvalue weighted by atomic mass is 10.3. The van der Waals surface area contributed by atoms with Crippen LogP contribution >= 0.6 is 0 Å². The summed E-state index contributed by atoms with van der Waals surface area (Å²) in [5.74, 6) is -0.894. The number of rotatable bonds is 6. The average molecular weight is 199 g/mol. The first-order chi connectivity index (χ1) is 6.72. The Kier molecular flexibility index (Phi) is 4.06. The van der Waals surface area contributed by atoms with E-state index < -0.39 is 5.97 Å². The Morgan fingerprint density at radius 2 is 2.50 bits per heavy atom. The molecule has 0 spiro atoms. The van der Waals surface area contributed by atoms with Crippen LogP contribution in [-0.4, -0.2) is 39.8 Å². The second-order valence-electron chi connectivity index (χ2n) is 2.89. The first kappa shape index (κ1) is 10.6. The number of ether oxygens (including phenoxy) is 1. The highest BCUT2D eigenvalue weighted by atomic mass is 16.5. The monoisotopic (exact) mass is 199 g/mol. The molecule has 1 rings (SSSR count). The summed E-state index contributed by atoms with van der Waals surface area (Å²) >= 11 is 0. The Balaban J connectivity index is 2.38. The number of methoxy groups -OCH3 is 1. The maximum absolute atomic E-state index is 10.3. The number of nitrogens with zero attached hydrogens (tertiary/aromatic N) is 3. The maximum atomic E-state index is 10.3. The third-order valence-corrected chi connectivity index (χ3v) is 1.65. The van der Waals surface area contributed by atoms with E-state index in [9.17, 15) is 4.79 Å². The van der Waals surface area contributed by atoms with E-state index in [1.165, 1.54) is 0 Å². The maximum Gasteiger partial charge on any atom is 0.309 e. The number of hydrogen-bond acceptors (Lipinski definition) is 4. The SMILES string of the molecule is COCCCn1cc(CC(=O)O)nn1. The normalized spacial score (nSPS) is 10.4. The predicted octanol–water partition coefficient (Wildman–Crippen LogP) is -0.0583. The molecule has 1 N–H and O–H groups in total. The molecule has 0 saturated carbocycles. The van der Waals surface area contributed by atoms with Crippen molar-refractivity contribution >= 4 is 5.97 Å². The largest absolute Gasteiger partial charge is 0.481 e. The molecule has 1 heterocycles. The highest BCUT2D eigenvalue weighted by Crippen LogP contribution is 1.96. The molecule has 1 aromatic rings. The van der Waals surface area contributed by atoms with E-state index in [0.29, 0.717) is 18.8 Å². The summed E-state index contributed by atoms with van der Waals surface area (Å²) in [5, 5.41) is 16.0. The van der Waals surface area contributed by atoms with Gasteiger partial charge in [0, 0.05) is 26.5 Å². The fourth-order valence-corrected chi connectivity index (χ4v) is 1.05. The zero-order valence-corrected chi connectivity index (χ0v) is 8.01. The summed E-state index contributed by atoms with van der Waals surface area (Å²) in [5.41, 5.74) is 0.481. The van der Waals surface area contributed by atoms with Gasteiger partial charge < -0.3 is 9.84 Å². The minimum Gasteiger partial charge on any atom is -0.481 e. The second kappa shape index (κ2) is 5.33. The Morgan fingerprint density at radius 3 is 3.14 bits per heavy atom. The van der Waals surface area contributed by atoms with Gasteiger partial charge in [-0.15, -0.1) is 5.10 Å². The molecule has 0 radical (unpaired) electrons. The van der Waals surface area contributed by atoms with Crippen LogP contribution in [0.1, 0.15) is 12.1 Å². The van der Waals surface area contributed by atoms with E-state index in [0.717, 1.165) is 6.42 Å². The van der Waals surface area contributed by atoms with Crippen LogP contribution in [0, 0.1) is 0 Å². The van der Waals surface area contributed by atoms with Crippen molar-refractivity contribution in [2.75, 3.05) is 13.7 Å². The highest BCUT2D eigenvalue weighted by Gasteiger charge is 2.04. The van der Waals surface area contributed by atoms with Crippen molar-refractivity contribution in [2.24, 2.45) is 0 Å². The molecule has 0 aliphatic rings. The van der Waals surface area contributed by atoms with Crippen LogP contribution in [0.4, 0.5) is 0 Å². The van der Waals surface area contributed by atoms with E-state index in [-0.39, 0.29) is 6.42 Å². The van der Waals surface area contributed by atoms with Crippen molar-refractivity contribution < 1.29 is 14.6 Å². The van der Waals surface area contributed by atoms with Gasteiger partial charge in [0.1, 0.15) is 0 Å².